The van der Waals surface area contributed by atoms with Gasteiger partial charge in [0.05, 0.1) is 19.2 Å². The van der Waals surface area contributed by atoms with E-state index in [1.807, 2.05) is 24.3 Å². The summed E-state index contributed by atoms with van der Waals surface area (Å²) in [5.41, 5.74) is 0.970. The molecule has 25 heavy (non-hydrogen) atoms. The SMILES string of the molecule is CN=C(NCC(=O)N(C)CC(F)(F)F)NC1CCOc2ccccc21. The molecule has 0 bridgehead atoms. The lowest BCUT2D eigenvalue weighted by Gasteiger charge is -2.28. The van der Waals surface area contributed by atoms with Crippen LogP contribution in [0.1, 0.15) is 18.0 Å². The number of hydrogen-bond acceptors (Lipinski definition) is 3. The summed E-state index contributed by atoms with van der Waals surface area (Å²) >= 11 is 0. The van der Waals surface area contributed by atoms with Crippen LogP contribution in [-0.2, 0) is 4.79 Å². The maximum Gasteiger partial charge on any atom is 0.406 e. The van der Waals surface area contributed by atoms with Crippen LogP contribution in [0.3, 0.4) is 0 Å². The van der Waals surface area contributed by atoms with Crippen molar-refractivity contribution >= 4 is 11.9 Å². The second-order valence-electron chi connectivity index (χ2n) is 5.66. The van der Waals surface area contributed by atoms with Crippen LogP contribution in [0.5, 0.6) is 5.75 Å². The van der Waals surface area contributed by atoms with Gasteiger partial charge in [0.2, 0.25) is 5.91 Å². The highest BCUT2D eigenvalue weighted by atomic mass is 19.4. The topological polar surface area (TPSA) is 66.0 Å². The van der Waals surface area contributed by atoms with Gasteiger partial charge in [0.25, 0.3) is 0 Å². The van der Waals surface area contributed by atoms with Crippen molar-refractivity contribution in [3.05, 3.63) is 29.8 Å². The lowest BCUT2D eigenvalue weighted by molar-refractivity contribution is -0.157. The molecule has 1 aromatic carbocycles. The summed E-state index contributed by atoms with van der Waals surface area (Å²) in [5, 5.41) is 5.92. The number of amides is 1. The molecule has 0 radical (unpaired) electrons. The second kappa shape index (κ2) is 8.09. The van der Waals surface area contributed by atoms with Gasteiger partial charge >= 0.3 is 6.18 Å². The van der Waals surface area contributed by atoms with E-state index in [0.29, 0.717) is 23.9 Å². The zero-order valence-corrected chi connectivity index (χ0v) is 14.1. The number of rotatable bonds is 4. The molecule has 0 fully saturated rings. The number of nitrogens with zero attached hydrogens (tertiary/aromatic N) is 2. The highest BCUT2D eigenvalue weighted by molar-refractivity contribution is 5.86. The molecule has 0 saturated heterocycles. The molecule has 9 heteroatoms. The second-order valence-corrected chi connectivity index (χ2v) is 5.66. The van der Waals surface area contributed by atoms with Crippen LogP contribution < -0.4 is 15.4 Å². The van der Waals surface area contributed by atoms with Crippen molar-refractivity contribution in [3.8, 4) is 5.75 Å². The van der Waals surface area contributed by atoms with Crippen molar-refractivity contribution in [2.75, 3.05) is 33.8 Å². The Balaban J connectivity index is 1.91. The largest absolute Gasteiger partial charge is 0.493 e. The molecule has 1 aromatic rings. The average molecular weight is 358 g/mol. The van der Waals surface area contributed by atoms with E-state index in [4.69, 9.17) is 4.74 Å². The minimum atomic E-state index is -4.42. The number of hydrogen-bond donors (Lipinski definition) is 2. The third kappa shape index (κ3) is 5.54. The number of aliphatic imine (C=N–C) groups is 1. The number of benzene rings is 1. The third-order valence-electron chi connectivity index (χ3n) is 3.74. The van der Waals surface area contributed by atoms with Crippen molar-refractivity contribution < 1.29 is 22.7 Å². The predicted octanol–water partition coefficient (Wildman–Crippen LogP) is 1.70. The van der Waals surface area contributed by atoms with Crippen molar-refractivity contribution in [1.29, 1.82) is 0 Å². The first kappa shape index (κ1) is 18.9. The Morgan fingerprint density at radius 1 is 1.40 bits per heavy atom. The van der Waals surface area contributed by atoms with E-state index in [0.717, 1.165) is 18.4 Å². The van der Waals surface area contributed by atoms with Gasteiger partial charge in [-0.15, -0.1) is 0 Å². The maximum absolute atomic E-state index is 12.3. The number of carbonyl (C=O) groups is 1. The Hall–Kier alpha value is -2.45. The summed E-state index contributed by atoms with van der Waals surface area (Å²) in [6.07, 6.45) is -3.71. The fourth-order valence-corrected chi connectivity index (χ4v) is 2.50. The molecule has 1 amide bonds. The highest BCUT2D eigenvalue weighted by Gasteiger charge is 2.31. The monoisotopic (exact) mass is 358 g/mol. The van der Waals surface area contributed by atoms with Gasteiger partial charge in [-0.2, -0.15) is 13.2 Å². The van der Waals surface area contributed by atoms with Crippen LogP contribution in [0.25, 0.3) is 0 Å². The molecule has 1 aliphatic rings. The Morgan fingerprint density at radius 3 is 2.80 bits per heavy atom. The zero-order chi connectivity index (χ0) is 18.4. The van der Waals surface area contributed by atoms with Crippen LogP contribution in [0, 0.1) is 0 Å². The zero-order valence-electron chi connectivity index (χ0n) is 14.1. The first-order valence-corrected chi connectivity index (χ1v) is 7.80. The van der Waals surface area contributed by atoms with E-state index < -0.39 is 18.6 Å². The minimum Gasteiger partial charge on any atom is -0.493 e. The Bertz CT molecular complexity index is 634. The molecule has 1 atom stereocenters. The van der Waals surface area contributed by atoms with Gasteiger partial charge < -0.3 is 20.3 Å². The standard InChI is InChI=1S/C16H21F3N4O2/c1-20-15(21-9-14(24)23(2)10-16(17,18)19)22-12-7-8-25-13-6-4-3-5-11(12)13/h3-6,12H,7-10H2,1-2H3,(H2,20,21,22). The van der Waals surface area contributed by atoms with Gasteiger partial charge in [-0.05, 0) is 6.07 Å². The fourth-order valence-electron chi connectivity index (χ4n) is 2.50. The molecular weight excluding hydrogens is 337 g/mol. The Labute approximate surface area is 144 Å². The highest BCUT2D eigenvalue weighted by Crippen LogP contribution is 2.31. The summed E-state index contributed by atoms with van der Waals surface area (Å²) in [6.45, 7) is -1.02. The lowest BCUT2D eigenvalue weighted by Crippen LogP contribution is -2.46. The van der Waals surface area contributed by atoms with Gasteiger partial charge in [0.1, 0.15) is 12.3 Å². The van der Waals surface area contributed by atoms with Gasteiger partial charge in [-0.25, -0.2) is 0 Å². The molecule has 1 aliphatic heterocycles. The van der Waals surface area contributed by atoms with Crippen molar-refractivity contribution in [1.82, 2.24) is 15.5 Å². The van der Waals surface area contributed by atoms with E-state index >= 15 is 0 Å². The number of alkyl halides is 3. The molecule has 0 saturated carbocycles. The molecule has 1 heterocycles. The van der Waals surface area contributed by atoms with Crippen LogP contribution >= 0.6 is 0 Å². The summed E-state index contributed by atoms with van der Waals surface area (Å²) < 4.78 is 42.5. The fraction of sp³-hybridized carbons (Fsp3) is 0.500. The Kier molecular flexibility index (Phi) is 6.11. The molecule has 1 unspecified atom stereocenters. The van der Waals surface area contributed by atoms with E-state index in [1.165, 1.54) is 7.05 Å². The number of likely N-dealkylation sites (N-methyl/N-ethyl adjacent to an activating group) is 1. The van der Waals surface area contributed by atoms with Crippen molar-refractivity contribution in [2.24, 2.45) is 4.99 Å². The summed E-state index contributed by atoms with van der Waals surface area (Å²) in [5.74, 6) is 0.450. The van der Waals surface area contributed by atoms with Crippen molar-refractivity contribution in [2.45, 2.75) is 18.6 Å². The molecule has 2 rings (SSSR count). The van der Waals surface area contributed by atoms with Gasteiger partial charge in [-0.3, -0.25) is 9.79 Å². The number of guanidine groups is 1. The van der Waals surface area contributed by atoms with Gasteiger partial charge in [-0.1, -0.05) is 18.2 Å². The number of para-hydroxylation sites is 1. The van der Waals surface area contributed by atoms with E-state index in [1.54, 1.807) is 0 Å². The number of ether oxygens (including phenoxy) is 1. The number of halogens is 3. The van der Waals surface area contributed by atoms with Crippen LogP contribution in [0.15, 0.2) is 29.3 Å². The van der Waals surface area contributed by atoms with E-state index in [-0.39, 0.29) is 12.6 Å². The third-order valence-corrected chi connectivity index (χ3v) is 3.74. The molecule has 0 aromatic heterocycles. The van der Waals surface area contributed by atoms with E-state index in [2.05, 4.69) is 15.6 Å². The normalized spacial score (nSPS) is 17.3. The van der Waals surface area contributed by atoms with Crippen LogP contribution in [0.4, 0.5) is 13.2 Å². The predicted molar refractivity (Wildman–Crippen MR) is 87.5 cm³/mol. The summed E-state index contributed by atoms with van der Waals surface area (Å²) in [4.78, 5) is 16.4. The molecule has 138 valence electrons. The van der Waals surface area contributed by atoms with Crippen LogP contribution in [-0.4, -0.2) is 56.7 Å². The first-order chi connectivity index (χ1) is 11.8. The first-order valence-electron chi connectivity index (χ1n) is 7.80. The minimum absolute atomic E-state index is 0.0563. The molecular formula is C16H21F3N4O2. The lowest BCUT2D eigenvalue weighted by atomic mass is 10.0. The molecule has 6 nitrogen and oxygen atoms in total. The molecule has 0 spiro atoms. The van der Waals surface area contributed by atoms with Gasteiger partial charge in [0.15, 0.2) is 5.96 Å². The Morgan fingerprint density at radius 2 is 2.12 bits per heavy atom. The smallest absolute Gasteiger partial charge is 0.406 e. The van der Waals surface area contributed by atoms with E-state index in [9.17, 15) is 18.0 Å². The maximum atomic E-state index is 12.3. The van der Waals surface area contributed by atoms with Crippen LogP contribution in [0.2, 0.25) is 0 Å². The number of fused-ring (bicyclic) bond motifs is 1. The average Bonchev–Trinajstić information content (AvgIpc) is 2.56. The quantitative estimate of drug-likeness (QED) is 0.635. The summed E-state index contributed by atoms with van der Waals surface area (Å²) in [7, 11) is 2.65. The van der Waals surface area contributed by atoms with Gasteiger partial charge in [0, 0.05) is 26.1 Å². The summed E-state index contributed by atoms with van der Waals surface area (Å²) in [6, 6.07) is 7.52. The number of carbonyl (C=O) groups excluding carboxylic acids is 1. The molecule has 0 aliphatic carbocycles. The molecule has 2 N–H and O–H groups in total. The van der Waals surface area contributed by atoms with Crippen molar-refractivity contribution in [3.63, 3.8) is 0 Å². The number of nitrogens with one attached hydrogen (secondary N) is 2.